The van der Waals surface area contributed by atoms with Crippen LogP contribution in [0.25, 0.3) is 0 Å². The van der Waals surface area contributed by atoms with Gasteiger partial charge in [0.25, 0.3) is 6.85 Å². The molecule has 0 saturated carbocycles. The summed E-state index contributed by atoms with van der Waals surface area (Å²) in [7, 11) is 0. The first kappa shape index (κ1) is 14.1. The van der Waals surface area contributed by atoms with Crippen LogP contribution >= 0.6 is 0 Å². The van der Waals surface area contributed by atoms with E-state index in [1.54, 1.807) is 0 Å². The second-order valence-electron chi connectivity index (χ2n) is 4.84. The van der Waals surface area contributed by atoms with Crippen LogP contribution in [0, 0.1) is 6.92 Å². The molecule has 2 nitrogen and oxygen atoms in total. The predicted octanol–water partition coefficient (Wildman–Crippen LogP) is 4.39. The molecule has 94 valence electrons. The van der Waals surface area contributed by atoms with E-state index in [0.717, 1.165) is 5.82 Å². The molecule has 0 aliphatic heterocycles. The summed E-state index contributed by atoms with van der Waals surface area (Å²) < 4.78 is 0. The molecule has 1 rings (SSSR count). The minimum Gasteiger partial charge on any atom is -0.413 e. The van der Waals surface area contributed by atoms with Gasteiger partial charge in [-0.15, -0.1) is 0 Å². The van der Waals surface area contributed by atoms with Crippen molar-refractivity contribution >= 4 is 12.7 Å². The lowest BCUT2D eigenvalue weighted by molar-refractivity contribution is 0.842. The number of hydrogen-bond donors (Lipinski definition) is 1. The second kappa shape index (κ2) is 8.16. The number of aromatic nitrogens is 1. The van der Waals surface area contributed by atoms with Gasteiger partial charge in [0.1, 0.15) is 5.82 Å². The van der Waals surface area contributed by atoms with Gasteiger partial charge >= 0.3 is 0 Å². The summed E-state index contributed by atoms with van der Waals surface area (Å²) in [5.41, 5.74) is 1.27. The van der Waals surface area contributed by atoms with Gasteiger partial charge in [-0.05, 0) is 24.6 Å². The maximum absolute atomic E-state index is 4.38. The van der Waals surface area contributed by atoms with Crippen molar-refractivity contribution in [3.8, 4) is 0 Å². The zero-order valence-corrected chi connectivity index (χ0v) is 11.5. The lowest BCUT2D eigenvalue weighted by Crippen LogP contribution is -2.24. The molecule has 17 heavy (non-hydrogen) atoms. The highest BCUT2D eigenvalue weighted by molar-refractivity contribution is 6.62. The van der Waals surface area contributed by atoms with Crippen molar-refractivity contribution in [2.75, 3.05) is 5.23 Å². The Bertz CT molecular complexity index is 307. The fourth-order valence-corrected chi connectivity index (χ4v) is 2.01. The van der Waals surface area contributed by atoms with E-state index in [0.29, 0.717) is 6.85 Å². The summed E-state index contributed by atoms with van der Waals surface area (Å²) in [6.07, 6.45) is 9.53. The number of pyridine rings is 1. The summed E-state index contributed by atoms with van der Waals surface area (Å²) in [4.78, 5) is 4.38. The van der Waals surface area contributed by atoms with Gasteiger partial charge in [0.2, 0.25) is 0 Å². The first-order valence-corrected chi connectivity index (χ1v) is 6.95. The second-order valence-corrected chi connectivity index (χ2v) is 4.84. The van der Waals surface area contributed by atoms with Gasteiger partial charge < -0.3 is 5.23 Å². The number of rotatable bonds is 8. The Labute approximate surface area is 106 Å². The summed E-state index contributed by atoms with van der Waals surface area (Å²) in [6.45, 7) is 7.20. The molecule has 0 aliphatic rings. The van der Waals surface area contributed by atoms with Crippen LogP contribution < -0.4 is 5.23 Å². The largest absolute Gasteiger partial charge is 0.413 e. The van der Waals surface area contributed by atoms with Crippen molar-refractivity contribution < 1.29 is 0 Å². The molecule has 0 fully saturated rings. The van der Waals surface area contributed by atoms with Crippen molar-refractivity contribution in [3.63, 3.8) is 0 Å². The molecule has 0 aromatic carbocycles. The Morgan fingerprint density at radius 2 is 1.82 bits per heavy atom. The number of anilines is 1. The molecule has 0 aliphatic carbocycles. The van der Waals surface area contributed by atoms with Gasteiger partial charge in [0.15, 0.2) is 0 Å². The standard InChI is InChI=1S/C14H25BN2/c1-4-6-9-15(10-7-5-2)17-14-12-13(3)8-11-16-14/h8,11-12H,4-7,9-10H2,1-3H3,(H,16,17). The molecule has 0 saturated heterocycles. The lowest BCUT2D eigenvalue weighted by atomic mass is 9.54. The Morgan fingerprint density at radius 1 is 1.18 bits per heavy atom. The minimum absolute atomic E-state index is 0.587. The third-order valence-electron chi connectivity index (χ3n) is 3.08. The third kappa shape index (κ3) is 5.76. The van der Waals surface area contributed by atoms with Crippen molar-refractivity contribution in [3.05, 3.63) is 23.9 Å². The Kier molecular flexibility index (Phi) is 6.75. The van der Waals surface area contributed by atoms with Crippen molar-refractivity contribution in [2.24, 2.45) is 0 Å². The highest BCUT2D eigenvalue weighted by Gasteiger charge is 2.13. The third-order valence-corrected chi connectivity index (χ3v) is 3.08. The molecule has 1 aromatic heterocycles. The van der Waals surface area contributed by atoms with E-state index in [9.17, 15) is 0 Å². The zero-order chi connectivity index (χ0) is 12.5. The topological polar surface area (TPSA) is 24.9 Å². The van der Waals surface area contributed by atoms with Gasteiger partial charge in [-0.25, -0.2) is 4.98 Å². The summed E-state index contributed by atoms with van der Waals surface area (Å²) >= 11 is 0. The highest BCUT2D eigenvalue weighted by atomic mass is 14.9. The zero-order valence-electron chi connectivity index (χ0n) is 11.5. The summed E-state index contributed by atoms with van der Waals surface area (Å²) in [6, 6.07) is 4.17. The van der Waals surface area contributed by atoms with E-state index < -0.39 is 0 Å². The number of hydrogen-bond acceptors (Lipinski definition) is 2. The van der Waals surface area contributed by atoms with Crippen LogP contribution in [0.15, 0.2) is 18.3 Å². The van der Waals surface area contributed by atoms with Crippen LogP contribution in [-0.4, -0.2) is 11.8 Å². The smallest absolute Gasteiger partial charge is 0.253 e. The predicted molar refractivity (Wildman–Crippen MR) is 77.8 cm³/mol. The molecule has 3 heteroatoms. The monoisotopic (exact) mass is 232 g/mol. The highest BCUT2D eigenvalue weighted by Crippen LogP contribution is 2.13. The van der Waals surface area contributed by atoms with E-state index >= 15 is 0 Å². The summed E-state index contributed by atoms with van der Waals surface area (Å²) in [5, 5.41) is 3.58. The molecule has 0 spiro atoms. The van der Waals surface area contributed by atoms with E-state index in [1.165, 1.54) is 43.9 Å². The number of unbranched alkanes of at least 4 members (excludes halogenated alkanes) is 2. The van der Waals surface area contributed by atoms with Crippen LogP contribution in [0.1, 0.15) is 45.1 Å². The maximum atomic E-state index is 4.38. The van der Waals surface area contributed by atoms with E-state index in [-0.39, 0.29) is 0 Å². The fraction of sp³-hybridized carbons (Fsp3) is 0.643. The minimum atomic E-state index is 0.587. The van der Waals surface area contributed by atoms with Gasteiger partial charge in [-0.3, -0.25) is 0 Å². The Morgan fingerprint density at radius 3 is 2.35 bits per heavy atom. The molecule has 0 radical (unpaired) electrons. The van der Waals surface area contributed by atoms with E-state index in [2.05, 4.69) is 37.0 Å². The number of nitrogens with zero attached hydrogens (tertiary/aromatic N) is 1. The lowest BCUT2D eigenvalue weighted by Gasteiger charge is -2.15. The fourth-order valence-electron chi connectivity index (χ4n) is 2.01. The summed E-state index contributed by atoms with van der Waals surface area (Å²) in [5.74, 6) is 1.03. The Balaban J connectivity index is 2.51. The number of nitrogens with one attached hydrogen (secondary N) is 1. The molecule has 0 amide bonds. The molecular weight excluding hydrogens is 207 g/mol. The maximum Gasteiger partial charge on any atom is 0.253 e. The van der Waals surface area contributed by atoms with Gasteiger partial charge in [0.05, 0.1) is 0 Å². The number of aryl methyl sites for hydroxylation is 1. The first-order valence-electron chi connectivity index (χ1n) is 6.95. The van der Waals surface area contributed by atoms with Crippen LogP contribution in [0.5, 0.6) is 0 Å². The average Bonchev–Trinajstić information content (AvgIpc) is 2.32. The normalized spacial score (nSPS) is 10.3. The molecule has 0 unspecified atom stereocenters. The molecule has 0 atom stereocenters. The quantitative estimate of drug-likeness (QED) is 0.672. The Hall–Kier alpha value is -0.985. The van der Waals surface area contributed by atoms with Crippen LogP contribution in [0.3, 0.4) is 0 Å². The van der Waals surface area contributed by atoms with E-state index in [1.807, 2.05) is 12.3 Å². The molecule has 0 bridgehead atoms. The average molecular weight is 232 g/mol. The van der Waals surface area contributed by atoms with Gasteiger partial charge in [-0.1, -0.05) is 52.2 Å². The van der Waals surface area contributed by atoms with E-state index in [4.69, 9.17) is 0 Å². The van der Waals surface area contributed by atoms with Crippen LogP contribution in [0.2, 0.25) is 12.6 Å². The van der Waals surface area contributed by atoms with Gasteiger partial charge in [-0.2, -0.15) is 0 Å². The van der Waals surface area contributed by atoms with Crippen molar-refractivity contribution in [1.29, 1.82) is 0 Å². The van der Waals surface area contributed by atoms with Crippen molar-refractivity contribution in [2.45, 2.75) is 59.1 Å². The molecule has 1 heterocycles. The molecule has 1 aromatic rings. The first-order chi connectivity index (χ1) is 8.26. The molecule has 1 N–H and O–H groups in total. The molecular formula is C14H25BN2. The van der Waals surface area contributed by atoms with Gasteiger partial charge in [0, 0.05) is 6.20 Å². The van der Waals surface area contributed by atoms with Crippen LogP contribution in [-0.2, 0) is 0 Å². The van der Waals surface area contributed by atoms with Crippen LogP contribution in [0.4, 0.5) is 5.82 Å². The SMILES string of the molecule is CCCCB(CCCC)Nc1cc(C)ccn1. The van der Waals surface area contributed by atoms with Crippen molar-refractivity contribution in [1.82, 2.24) is 4.98 Å².